The maximum atomic E-state index is 12.3. The van der Waals surface area contributed by atoms with Crippen LogP contribution in [0.25, 0.3) is 0 Å². The molecule has 0 aliphatic carbocycles. The molecule has 0 atom stereocenters. The van der Waals surface area contributed by atoms with Crippen LogP contribution in [0.3, 0.4) is 0 Å². The number of carbonyl (C=O) groups excluding carboxylic acids is 1. The van der Waals surface area contributed by atoms with Gasteiger partial charge in [-0.05, 0) is 17.7 Å². The lowest BCUT2D eigenvalue weighted by molar-refractivity contribution is 0.147. The number of hydrogen-bond donors (Lipinski definition) is 0. The molecule has 2 rings (SSSR count). The van der Waals surface area contributed by atoms with Crippen molar-refractivity contribution in [3.8, 4) is 12.3 Å². The maximum Gasteiger partial charge on any atom is 0.414 e. The van der Waals surface area contributed by atoms with Crippen molar-refractivity contribution in [1.82, 2.24) is 0 Å². The maximum absolute atomic E-state index is 12.3. The number of para-hydroxylation sites is 1. The van der Waals surface area contributed by atoms with E-state index in [9.17, 15) is 4.79 Å². The Morgan fingerprint density at radius 2 is 1.67 bits per heavy atom. The Labute approximate surface area is 125 Å². The summed E-state index contributed by atoms with van der Waals surface area (Å²) in [4.78, 5) is 13.8. The molecule has 2 aromatic rings. The SMILES string of the molecule is C#CCCN(C(=O)OCc1ccccc1)c1ccccc1. The predicted octanol–water partition coefficient (Wildman–Crippen LogP) is 3.85. The molecule has 0 spiro atoms. The zero-order chi connectivity index (χ0) is 14.9. The van der Waals surface area contributed by atoms with E-state index in [2.05, 4.69) is 5.92 Å². The molecule has 0 radical (unpaired) electrons. The van der Waals surface area contributed by atoms with Crippen LogP contribution in [0.2, 0.25) is 0 Å². The summed E-state index contributed by atoms with van der Waals surface area (Å²) in [5, 5.41) is 0. The third-order valence-electron chi connectivity index (χ3n) is 2.97. The van der Waals surface area contributed by atoms with Crippen LogP contribution < -0.4 is 4.90 Å². The summed E-state index contributed by atoms with van der Waals surface area (Å²) in [5.74, 6) is 2.55. The molecule has 21 heavy (non-hydrogen) atoms. The van der Waals surface area contributed by atoms with E-state index >= 15 is 0 Å². The number of rotatable bonds is 5. The number of terminal acetylenes is 1. The van der Waals surface area contributed by atoms with Crippen molar-refractivity contribution in [1.29, 1.82) is 0 Å². The molecule has 0 bridgehead atoms. The van der Waals surface area contributed by atoms with Crippen LogP contribution in [-0.2, 0) is 11.3 Å². The van der Waals surface area contributed by atoms with Crippen LogP contribution in [0.5, 0.6) is 0 Å². The molecule has 0 saturated heterocycles. The lowest BCUT2D eigenvalue weighted by Gasteiger charge is -2.21. The summed E-state index contributed by atoms with van der Waals surface area (Å²) in [5.41, 5.74) is 1.74. The average molecular weight is 279 g/mol. The summed E-state index contributed by atoms with van der Waals surface area (Å²) in [6.45, 7) is 0.688. The van der Waals surface area contributed by atoms with Gasteiger partial charge in [0, 0.05) is 18.7 Å². The van der Waals surface area contributed by atoms with E-state index in [0.29, 0.717) is 13.0 Å². The van der Waals surface area contributed by atoms with Crippen molar-refractivity contribution in [2.45, 2.75) is 13.0 Å². The molecular weight excluding hydrogens is 262 g/mol. The minimum Gasteiger partial charge on any atom is -0.444 e. The fraction of sp³-hybridized carbons (Fsp3) is 0.167. The lowest BCUT2D eigenvalue weighted by atomic mass is 10.2. The first-order valence-corrected chi connectivity index (χ1v) is 6.78. The van der Waals surface area contributed by atoms with Gasteiger partial charge in [-0.2, -0.15) is 0 Å². The average Bonchev–Trinajstić information content (AvgIpc) is 2.55. The van der Waals surface area contributed by atoms with Crippen LogP contribution >= 0.6 is 0 Å². The third-order valence-corrected chi connectivity index (χ3v) is 2.97. The van der Waals surface area contributed by atoms with E-state index < -0.39 is 0 Å². The van der Waals surface area contributed by atoms with Gasteiger partial charge in [0.25, 0.3) is 0 Å². The standard InChI is InChI=1S/C18H17NO2/c1-2-3-14-19(17-12-8-5-9-13-17)18(20)21-15-16-10-6-4-7-11-16/h1,4-13H,3,14-15H2. The van der Waals surface area contributed by atoms with Crippen molar-refractivity contribution in [3.05, 3.63) is 66.2 Å². The van der Waals surface area contributed by atoms with Gasteiger partial charge in [0.1, 0.15) is 6.61 Å². The first-order chi connectivity index (χ1) is 10.3. The Bertz CT molecular complexity index is 602. The Hall–Kier alpha value is -2.73. The number of carbonyl (C=O) groups is 1. The van der Waals surface area contributed by atoms with Crippen molar-refractivity contribution in [3.63, 3.8) is 0 Å². The lowest BCUT2D eigenvalue weighted by Crippen LogP contribution is -2.32. The molecule has 0 saturated carbocycles. The highest BCUT2D eigenvalue weighted by Gasteiger charge is 2.16. The molecule has 0 fully saturated rings. The Morgan fingerprint density at radius 3 is 2.29 bits per heavy atom. The van der Waals surface area contributed by atoms with Crippen LogP contribution in [-0.4, -0.2) is 12.6 Å². The van der Waals surface area contributed by atoms with E-state index in [-0.39, 0.29) is 12.7 Å². The van der Waals surface area contributed by atoms with Crippen molar-refractivity contribution >= 4 is 11.8 Å². The summed E-state index contributed by atoms with van der Waals surface area (Å²) >= 11 is 0. The third kappa shape index (κ3) is 4.39. The highest BCUT2D eigenvalue weighted by atomic mass is 16.6. The predicted molar refractivity (Wildman–Crippen MR) is 83.9 cm³/mol. The molecular formula is C18H17NO2. The quantitative estimate of drug-likeness (QED) is 0.778. The number of nitrogens with zero attached hydrogens (tertiary/aromatic N) is 1. The van der Waals surface area contributed by atoms with Crippen LogP contribution in [0.15, 0.2) is 60.7 Å². The van der Waals surface area contributed by atoms with Crippen molar-refractivity contribution in [2.75, 3.05) is 11.4 Å². The van der Waals surface area contributed by atoms with Gasteiger partial charge in [-0.1, -0.05) is 48.5 Å². The number of hydrogen-bond acceptors (Lipinski definition) is 2. The minimum atomic E-state index is -0.389. The second-order valence-corrected chi connectivity index (χ2v) is 4.48. The normalized spacial score (nSPS) is 9.67. The van der Waals surface area contributed by atoms with Gasteiger partial charge in [0.2, 0.25) is 0 Å². The van der Waals surface area contributed by atoms with Crippen molar-refractivity contribution < 1.29 is 9.53 Å². The topological polar surface area (TPSA) is 29.5 Å². The summed E-state index contributed by atoms with van der Waals surface area (Å²) in [6, 6.07) is 19.0. The van der Waals surface area contributed by atoms with Gasteiger partial charge in [0.05, 0.1) is 0 Å². The number of anilines is 1. The Balaban J connectivity index is 2.03. The van der Waals surface area contributed by atoms with E-state index in [1.54, 1.807) is 4.90 Å². The van der Waals surface area contributed by atoms with Crippen molar-refractivity contribution in [2.24, 2.45) is 0 Å². The Kier molecular flexibility index (Phi) is 5.42. The molecule has 106 valence electrons. The molecule has 3 heteroatoms. The van der Waals surface area contributed by atoms with Crippen LogP contribution in [0, 0.1) is 12.3 Å². The molecule has 0 heterocycles. The number of amides is 1. The first kappa shape index (κ1) is 14.7. The molecule has 2 aromatic carbocycles. The van der Waals surface area contributed by atoms with E-state index in [1.807, 2.05) is 60.7 Å². The molecule has 0 unspecified atom stereocenters. The fourth-order valence-corrected chi connectivity index (χ4v) is 1.91. The summed E-state index contributed by atoms with van der Waals surface area (Å²) in [6.07, 6.45) is 5.38. The molecule has 0 aromatic heterocycles. The molecule has 0 aliphatic heterocycles. The van der Waals surface area contributed by atoms with Gasteiger partial charge in [-0.25, -0.2) is 4.79 Å². The second-order valence-electron chi connectivity index (χ2n) is 4.48. The molecule has 1 amide bonds. The van der Waals surface area contributed by atoms with Crippen LogP contribution in [0.1, 0.15) is 12.0 Å². The fourth-order valence-electron chi connectivity index (χ4n) is 1.91. The second kappa shape index (κ2) is 7.76. The highest BCUT2D eigenvalue weighted by Crippen LogP contribution is 2.15. The van der Waals surface area contributed by atoms with E-state index in [0.717, 1.165) is 11.3 Å². The van der Waals surface area contributed by atoms with Gasteiger partial charge >= 0.3 is 6.09 Å². The summed E-state index contributed by atoms with van der Waals surface area (Å²) in [7, 11) is 0. The minimum absolute atomic E-state index is 0.249. The smallest absolute Gasteiger partial charge is 0.414 e. The molecule has 0 aliphatic rings. The Morgan fingerprint density at radius 1 is 1.05 bits per heavy atom. The monoisotopic (exact) mass is 279 g/mol. The van der Waals surface area contributed by atoms with Gasteiger partial charge < -0.3 is 4.74 Å². The number of ether oxygens (including phenoxy) is 1. The largest absolute Gasteiger partial charge is 0.444 e. The van der Waals surface area contributed by atoms with Gasteiger partial charge in [0.15, 0.2) is 0 Å². The van der Waals surface area contributed by atoms with Crippen LogP contribution in [0.4, 0.5) is 10.5 Å². The zero-order valence-electron chi connectivity index (χ0n) is 11.7. The zero-order valence-corrected chi connectivity index (χ0v) is 11.7. The molecule has 3 nitrogen and oxygen atoms in total. The number of benzene rings is 2. The molecule has 0 N–H and O–H groups in total. The van der Waals surface area contributed by atoms with Gasteiger partial charge in [-0.15, -0.1) is 12.3 Å². The van der Waals surface area contributed by atoms with Gasteiger partial charge in [-0.3, -0.25) is 4.90 Å². The van der Waals surface area contributed by atoms with E-state index in [4.69, 9.17) is 11.2 Å². The highest BCUT2D eigenvalue weighted by molar-refractivity contribution is 5.87. The first-order valence-electron chi connectivity index (χ1n) is 6.78. The summed E-state index contributed by atoms with van der Waals surface area (Å²) < 4.78 is 5.36. The van der Waals surface area contributed by atoms with E-state index in [1.165, 1.54) is 0 Å².